The number of hydrogen-bond acceptors (Lipinski definition) is 3. The molecule has 2 aliphatic rings. The van der Waals surface area contributed by atoms with Crippen molar-refractivity contribution in [2.75, 3.05) is 26.2 Å². The fraction of sp³-hybridized carbons (Fsp3) is 0.917. The van der Waals surface area contributed by atoms with Crippen molar-refractivity contribution in [1.82, 2.24) is 9.80 Å². The first-order valence-electron chi connectivity index (χ1n) is 6.47. The van der Waals surface area contributed by atoms with Gasteiger partial charge >= 0.3 is 0 Å². The molecule has 0 unspecified atom stereocenters. The fourth-order valence-electron chi connectivity index (χ4n) is 2.86. The van der Waals surface area contributed by atoms with E-state index in [2.05, 4.69) is 4.90 Å². The van der Waals surface area contributed by atoms with Gasteiger partial charge in [-0.3, -0.25) is 9.69 Å². The molecule has 0 radical (unpaired) electrons. The normalized spacial score (nSPS) is 23.1. The Labute approximate surface area is 122 Å². The zero-order chi connectivity index (χ0) is 11.5. The van der Waals surface area contributed by atoms with Crippen LogP contribution in [0.3, 0.4) is 0 Å². The van der Waals surface area contributed by atoms with Gasteiger partial charge in [0.2, 0.25) is 5.91 Å². The number of amides is 1. The van der Waals surface area contributed by atoms with E-state index in [0.717, 1.165) is 32.2 Å². The quantitative estimate of drug-likeness (QED) is 0.835. The smallest absolute Gasteiger partial charge is 0.239 e. The zero-order valence-electron chi connectivity index (χ0n) is 11.0. The van der Waals surface area contributed by atoms with E-state index < -0.39 is 0 Å². The minimum atomic E-state index is -0.349. The van der Waals surface area contributed by atoms with E-state index in [1.807, 2.05) is 4.90 Å². The minimum Gasteiger partial charge on any atom is -0.339 e. The fourth-order valence-corrected chi connectivity index (χ4v) is 2.86. The van der Waals surface area contributed by atoms with Crippen molar-refractivity contribution in [3.8, 4) is 0 Å². The minimum absolute atomic E-state index is 0. The molecule has 0 bridgehead atoms. The highest BCUT2D eigenvalue weighted by Gasteiger charge is 2.28. The van der Waals surface area contributed by atoms with E-state index >= 15 is 0 Å². The standard InChI is InChI=1S/C12H23N3O.2ClH/c1-10(13)12(16)15-8-6-14(7-9-15)11-4-2-3-5-11;;/h10-11H,2-9,13H2,1H3;2*1H/t10-;;/m0../s1. The number of halogens is 2. The van der Waals surface area contributed by atoms with E-state index in [9.17, 15) is 4.79 Å². The lowest BCUT2D eigenvalue weighted by molar-refractivity contribution is -0.134. The highest BCUT2D eigenvalue weighted by molar-refractivity contribution is 5.85. The van der Waals surface area contributed by atoms with Crippen LogP contribution in [0.5, 0.6) is 0 Å². The van der Waals surface area contributed by atoms with Gasteiger partial charge in [0.05, 0.1) is 6.04 Å². The highest BCUT2D eigenvalue weighted by Crippen LogP contribution is 2.24. The summed E-state index contributed by atoms with van der Waals surface area (Å²) in [5, 5.41) is 0. The molecule has 1 aliphatic carbocycles. The number of carbonyl (C=O) groups excluding carboxylic acids is 1. The summed E-state index contributed by atoms with van der Waals surface area (Å²) in [5.74, 6) is 0.103. The molecule has 1 atom stereocenters. The van der Waals surface area contributed by atoms with Crippen LogP contribution in [0, 0.1) is 0 Å². The van der Waals surface area contributed by atoms with Crippen molar-refractivity contribution in [3.05, 3.63) is 0 Å². The maximum atomic E-state index is 11.7. The Balaban J connectivity index is 0.00000144. The molecule has 2 fully saturated rings. The maximum absolute atomic E-state index is 11.7. The van der Waals surface area contributed by atoms with Crippen molar-refractivity contribution >= 4 is 30.7 Å². The Hall–Kier alpha value is -0.0300. The third-order valence-electron chi connectivity index (χ3n) is 3.86. The van der Waals surface area contributed by atoms with Crippen LogP contribution < -0.4 is 5.73 Å². The van der Waals surface area contributed by atoms with Gasteiger partial charge in [0.15, 0.2) is 0 Å². The van der Waals surface area contributed by atoms with Crippen LogP contribution in [0.15, 0.2) is 0 Å². The summed E-state index contributed by atoms with van der Waals surface area (Å²) in [5.41, 5.74) is 5.62. The average molecular weight is 298 g/mol. The SMILES string of the molecule is C[C@H](N)C(=O)N1CCN(C2CCCC2)CC1.Cl.Cl. The number of carbonyl (C=O) groups is 1. The van der Waals surface area contributed by atoms with E-state index in [1.54, 1.807) is 6.92 Å². The Morgan fingerprint density at radius 3 is 2.06 bits per heavy atom. The topological polar surface area (TPSA) is 49.6 Å². The van der Waals surface area contributed by atoms with Crippen molar-refractivity contribution in [1.29, 1.82) is 0 Å². The van der Waals surface area contributed by atoms with Crippen molar-refractivity contribution in [3.63, 3.8) is 0 Å². The maximum Gasteiger partial charge on any atom is 0.239 e. The number of piperazine rings is 1. The second-order valence-electron chi connectivity index (χ2n) is 5.09. The molecule has 18 heavy (non-hydrogen) atoms. The second kappa shape index (κ2) is 8.20. The summed E-state index contributed by atoms with van der Waals surface area (Å²) in [4.78, 5) is 16.2. The molecule has 0 aromatic carbocycles. The largest absolute Gasteiger partial charge is 0.339 e. The van der Waals surface area contributed by atoms with Gasteiger partial charge in [-0.25, -0.2) is 0 Å². The summed E-state index contributed by atoms with van der Waals surface area (Å²) in [6, 6.07) is 0.436. The summed E-state index contributed by atoms with van der Waals surface area (Å²) in [6.45, 7) is 5.55. The van der Waals surface area contributed by atoms with Gasteiger partial charge in [0.1, 0.15) is 0 Å². The van der Waals surface area contributed by atoms with Gasteiger partial charge in [-0.1, -0.05) is 12.8 Å². The third kappa shape index (κ3) is 4.26. The summed E-state index contributed by atoms with van der Waals surface area (Å²) in [7, 11) is 0. The molecule has 1 amide bonds. The van der Waals surface area contributed by atoms with Crippen molar-refractivity contribution in [2.45, 2.75) is 44.7 Å². The zero-order valence-corrected chi connectivity index (χ0v) is 12.6. The predicted octanol–water partition coefficient (Wildman–Crippen LogP) is 1.26. The average Bonchev–Trinajstić information content (AvgIpc) is 2.81. The molecule has 1 saturated heterocycles. The van der Waals surface area contributed by atoms with Gasteiger partial charge in [0, 0.05) is 32.2 Å². The molecule has 0 aromatic rings. The van der Waals surface area contributed by atoms with E-state index in [1.165, 1.54) is 25.7 Å². The van der Waals surface area contributed by atoms with Gasteiger partial charge in [-0.2, -0.15) is 0 Å². The van der Waals surface area contributed by atoms with E-state index in [-0.39, 0.29) is 36.8 Å². The first-order valence-corrected chi connectivity index (χ1v) is 6.47. The summed E-state index contributed by atoms with van der Waals surface area (Å²) < 4.78 is 0. The second-order valence-corrected chi connectivity index (χ2v) is 5.09. The first-order chi connectivity index (χ1) is 7.68. The van der Waals surface area contributed by atoms with Gasteiger partial charge in [0.25, 0.3) is 0 Å². The summed E-state index contributed by atoms with van der Waals surface area (Å²) >= 11 is 0. The van der Waals surface area contributed by atoms with E-state index in [0.29, 0.717) is 0 Å². The van der Waals surface area contributed by atoms with Crippen LogP contribution in [-0.4, -0.2) is 54.0 Å². The van der Waals surface area contributed by atoms with Crippen LogP contribution in [0.4, 0.5) is 0 Å². The Bertz CT molecular complexity index is 250. The van der Waals surface area contributed by atoms with Crippen molar-refractivity contribution < 1.29 is 4.79 Å². The monoisotopic (exact) mass is 297 g/mol. The first kappa shape index (κ1) is 18.0. The third-order valence-corrected chi connectivity index (χ3v) is 3.86. The molecule has 1 heterocycles. The lowest BCUT2D eigenvalue weighted by atomic mass is 10.1. The molecule has 1 saturated carbocycles. The molecule has 0 spiro atoms. The Morgan fingerprint density at radius 2 is 1.61 bits per heavy atom. The van der Waals surface area contributed by atoms with Crippen LogP contribution in [0.1, 0.15) is 32.6 Å². The van der Waals surface area contributed by atoms with Gasteiger partial charge < -0.3 is 10.6 Å². The lowest BCUT2D eigenvalue weighted by Gasteiger charge is -2.38. The molecule has 4 nitrogen and oxygen atoms in total. The number of nitrogens with two attached hydrogens (primary N) is 1. The van der Waals surface area contributed by atoms with Crippen LogP contribution in [0.25, 0.3) is 0 Å². The molecule has 108 valence electrons. The van der Waals surface area contributed by atoms with Gasteiger partial charge in [-0.05, 0) is 19.8 Å². The van der Waals surface area contributed by atoms with Crippen LogP contribution in [-0.2, 0) is 4.79 Å². The van der Waals surface area contributed by atoms with Crippen LogP contribution in [0.2, 0.25) is 0 Å². The molecule has 0 aromatic heterocycles. The Kier molecular flexibility index (Phi) is 8.19. The lowest BCUT2D eigenvalue weighted by Crippen LogP contribution is -2.54. The molecule has 2 rings (SSSR count). The van der Waals surface area contributed by atoms with Crippen molar-refractivity contribution in [2.24, 2.45) is 5.73 Å². The molecular formula is C12H25Cl2N3O. The Morgan fingerprint density at radius 1 is 1.11 bits per heavy atom. The predicted molar refractivity (Wildman–Crippen MR) is 78.6 cm³/mol. The van der Waals surface area contributed by atoms with Gasteiger partial charge in [-0.15, -0.1) is 24.8 Å². The highest BCUT2D eigenvalue weighted by atomic mass is 35.5. The van der Waals surface area contributed by atoms with E-state index in [4.69, 9.17) is 5.73 Å². The number of nitrogens with zero attached hydrogens (tertiary/aromatic N) is 2. The molecule has 2 N–H and O–H groups in total. The van der Waals surface area contributed by atoms with Crippen LogP contribution >= 0.6 is 24.8 Å². The molecule has 1 aliphatic heterocycles. The number of rotatable bonds is 2. The molecular weight excluding hydrogens is 273 g/mol. The molecule has 6 heteroatoms. The number of hydrogen-bond donors (Lipinski definition) is 1. The summed E-state index contributed by atoms with van der Waals surface area (Å²) in [6.07, 6.45) is 5.45.